The maximum Gasteiger partial charge on any atom is 0.326 e. The topological polar surface area (TPSA) is 98.0 Å². The molecular formula is C31H32N6O3S. The molecule has 0 unspecified atom stereocenters. The van der Waals surface area contributed by atoms with Crippen molar-refractivity contribution in [3.05, 3.63) is 89.3 Å². The highest BCUT2D eigenvalue weighted by Gasteiger charge is 2.26. The van der Waals surface area contributed by atoms with E-state index in [4.69, 9.17) is 4.74 Å². The van der Waals surface area contributed by atoms with Crippen LogP contribution in [0.5, 0.6) is 5.75 Å². The number of hydrogen-bond acceptors (Lipinski definition) is 6. The normalized spacial score (nSPS) is 14.0. The van der Waals surface area contributed by atoms with E-state index in [0.29, 0.717) is 19.5 Å². The Kier molecular flexibility index (Phi) is 7.91. The molecule has 1 aliphatic heterocycles. The Bertz CT molecular complexity index is 1700. The number of hydrogen-bond donors (Lipinski definition) is 1. The summed E-state index contributed by atoms with van der Waals surface area (Å²) in [5.74, 6) is 2.41. The number of ether oxygens (including phenoxy) is 1. The zero-order chi connectivity index (χ0) is 28.2. The summed E-state index contributed by atoms with van der Waals surface area (Å²) in [7, 11) is 1.65. The Morgan fingerprint density at radius 1 is 1.00 bits per heavy atom. The van der Waals surface area contributed by atoms with Crippen LogP contribution in [0.4, 0.5) is 0 Å². The Labute approximate surface area is 242 Å². The van der Waals surface area contributed by atoms with Crippen molar-refractivity contribution in [1.82, 2.24) is 29.2 Å². The Morgan fingerprint density at radius 3 is 2.59 bits per heavy atom. The smallest absolute Gasteiger partial charge is 0.326 e. The second kappa shape index (κ2) is 12.1. The molecule has 1 amide bonds. The first kappa shape index (κ1) is 26.9. The van der Waals surface area contributed by atoms with E-state index in [1.807, 2.05) is 88.3 Å². The van der Waals surface area contributed by atoms with Gasteiger partial charge < -0.3 is 14.6 Å². The number of aromatic amines is 1. The van der Waals surface area contributed by atoms with Crippen molar-refractivity contribution in [2.75, 3.05) is 26.0 Å². The lowest BCUT2D eigenvalue weighted by atomic mass is 10.0. The van der Waals surface area contributed by atoms with Crippen molar-refractivity contribution in [1.29, 1.82) is 0 Å². The number of H-pyrrole nitrogens is 1. The number of thioether (sulfide) groups is 1. The molecule has 1 saturated heterocycles. The zero-order valence-corrected chi connectivity index (χ0v) is 23.7. The van der Waals surface area contributed by atoms with Crippen molar-refractivity contribution in [3.8, 4) is 22.8 Å². The maximum absolute atomic E-state index is 13.0. The van der Waals surface area contributed by atoms with Gasteiger partial charge in [0.1, 0.15) is 5.75 Å². The lowest BCUT2D eigenvalue weighted by Gasteiger charge is -2.32. The summed E-state index contributed by atoms with van der Waals surface area (Å²) in [6, 6.07) is 25.7. The number of likely N-dealkylation sites (tertiary alicyclic amines) is 1. The van der Waals surface area contributed by atoms with Gasteiger partial charge in [-0.1, -0.05) is 54.2 Å². The number of carbonyl (C=O) groups is 1. The van der Waals surface area contributed by atoms with Crippen LogP contribution in [0, 0.1) is 0 Å². The first-order valence-corrected chi connectivity index (χ1v) is 14.9. The van der Waals surface area contributed by atoms with Gasteiger partial charge in [-0.15, -0.1) is 10.2 Å². The molecule has 0 bridgehead atoms. The Balaban J connectivity index is 1.07. The van der Waals surface area contributed by atoms with Crippen LogP contribution in [0.1, 0.15) is 31.7 Å². The van der Waals surface area contributed by atoms with Gasteiger partial charge in [0.25, 0.3) is 0 Å². The monoisotopic (exact) mass is 568 g/mol. The number of fused-ring (bicyclic) bond motifs is 1. The minimum absolute atomic E-state index is 0.0779. The van der Waals surface area contributed by atoms with Crippen LogP contribution in [0.25, 0.3) is 28.1 Å². The number of imidazole rings is 1. The third-order valence-corrected chi connectivity index (χ3v) is 8.56. The van der Waals surface area contributed by atoms with Crippen LogP contribution >= 0.6 is 11.8 Å². The molecule has 0 atom stereocenters. The van der Waals surface area contributed by atoms with Gasteiger partial charge in [0, 0.05) is 42.6 Å². The number of nitrogens with one attached hydrogen (secondary N) is 1. The fourth-order valence-electron chi connectivity index (χ4n) is 5.48. The van der Waals surface area contributed by atoms with Crippen molar-refractivity contribution < 1.29 is 9.53 Å². The van der Waals surface area contributed by atoms with E-state index in [1.54, 1.807) is 18.9 Å². The number of nitrogens with zero attached hydrogens (tertiary/aromatic N) is 5. The molecule has 0 radical (unpaired) electrons. The fourth-order valence-corrected chi connectivity index (χ4v) is 6.37. The molecule has 9 nitrogen and oxygen atoms in total. The minimum atomic E-state index is -0.0779. The van der Waals surface area contributed by atoms with E-state index in [9.17, 15) is 9.59 Å². The molecule has 41 heavy (non-hydrogen) atoms. The van der Waals surface area contributed by atoms with Crippen LogP contribution in [0.15, 0.2) is 88.8 Å². The van der Waals surface area contributed by atoms with Crippen LogP contribution in [0.2, 0.25) is 0 Å². The van der Waals surface area contributed by atoms with Crippen molar-refractivity contribution in [2.45, 2.75) is 36.9 Å². The lowest BCUT2D eigenvalue weighted by molar-refractivity contribution is -0.132. The van der Waals surface area contributed by atoms with Crippen LogP contribution < -0.4 is 10.4 Å². The first-order chi connectivity index (χ1) is 20.1. The molecule has 0 aliphatic carbocycles. The number of piperidine rings is 1. The Morgan fingerprint density at radius 2 is 1.78 bits per heavy atom. The van der Waals surface area contributed by atoms with E-state index >= 15 is 0 Å². The number of para-hydroxylation sites is 3. The SMILES string of the molecule is COc1cccc(-c2nnc(SCCCC(=O)N3CCC(n4c(=O)[nH]c5ccccc54)CC3)n2-c2ccccc2)c1. The van der Waals surface area contributed by atoms with Crippen LogP contribution in [-0.2, 0) is 4.79 Å². The van der Waals surface area contributed by atoms with E-state index in [0.717, 1.165) is 64.0 Å². The Hall–Kier alpha value is -4.31. The molecule has 3 heterocycles. The highest BCUT2D eigenvalue weighted by atomic mass is 32.2. The summed E-state index contributed by atoms with van der Waals surface area (Å²) in [5, 5.41) is 9.80. The van der Waals surface area contributed by atoms with Crippen LogP contribution in [-0.4, -0.2) is 61.1 Å². The molecular weight excluding hydrogens is 536 g/mol. The molecule has 1 N–H and O–H groups in total. The lowest BCUT2D eigenvalue weighted by Crippen LogP contribution is -2.40. The van der Waals surface area contributed by atoms with Gasteiger partial charge >= 0.3 is 5.69 Å². The van der Waals surface area contributed by atoms with Gasteiger partial charge in [0.05, 0.1) is 18.1 Å². The van der Waals surface area contributed by atoms with Crippen molar-refractivity contribution in [2.24, 2.45) is 0 Å². The zero-order valence-electron chi connectivity index (χ0n) is 22.9. The van der Waals surface area contributed by atoms with Gasteiger partial charge in [-0.05, 0) is 55.7 Å². The van der Waals surface area contributed by atoms with Gasteiger partial charge in [-0.3, -0.25) is 13.9 Å². The first-order valence-electron chi connectivity index (χ1n) is 13.9. The molecule has 2 aromatic heterocycles. The van der Waals surface area contributed by atoms with E-state index in [2.05, 4.69) is 19.7 Å². The predicted molar refractivity (Wildman–Crippen MR) is 161 cm³/mol. The van der Waals surface area contributed by atoms with Gasteiger partial charge in [-0.2, -0.15) is 0 Å². The van der Waals surface area contributed by atoms with E-state index in [-0.39, 0.29) is 17.6 Å². The van der Waals surface area contributed by atoms with Gasteiger partial charge in [0.2, 0.25) is 5.91 Å². The van der Waals surface area contributed by atoms with Crippen LogP contribution in [0.3, 0.4) is 0 Å². The maximum atomic E-state index is 13.0. The number of methoxy groups -OCH3 is 1. The van der Waals surface area contributed by atoms with E-state index < -0.39 is 0 Å². The largest absolute Gasteiger partial charge is 0.497 e. The van der Waals surface area contributed by atoms with Gasteiger partial charge in [0.15, 0.2) is 11.0 Å². The number of amides is 1. The third-order valence-electron chi connectivity index (χ3n) is 7.55. The molecule has 10 heteroatoms. The number of carbonyl (C=O) groups excluding carboxylic acids is 1. The summed E-state index contributed by atoms with van der Waals surface area (Å²) in [6.07, 6.45) is 2.76. The number of benzene rings is 3. The standard InChI is InChI=1S/C31H32N6O3S/c1-40-25-12-7-9-22(21-25)29-33-34-31(37(29)23-10-3-2-4-11-23)41-20-8-15-28(38)35-18-16-24(17-19-35)36-27-14-6-5-13-26(27)32-30(36)39/h2-7,9-14,21,24H,8,15-20H2,1H3,(H,32,39). The van der Waals surface area contributed by atoms with Gasteiger partial charge in [-0.25, -0.2) is 4.79 Å². The molecule has 5 aromatic rings. The quantitative estimate of drug-likeness (QED) is 0.191. The molecule has 0 saturated carbocycles. The molecule has 3 aromatic carbocycles. The molecule has 1 fully saturated rings. The summed E-state index contributed by atoms with van der Waals surface area (Å²) >= 11 is 1.60. The average molecular weight is 569 g/mol. The molecule has 0 spiro atoms. The molecule has 6 rings (SSSR count). The summed E-state index contributed by atoms with van der Waals surface area (Å²) in [5.41, 5.74) is 3.60. The average Bonchev–Trinajstić information content (AvgIpc) is 3.60. The second-order valence-electron chi connectivity index (χ2n) is 10.1. The highest BCUT2D eigenvalue weighted by Crippen LogP contribution is 2.30. The molecule has 1 aliphatic rings. The number of rotatable bonds is 9. The van der Waals surface area contributed by atoms with Crippen molar-refractivity contribution in [3.63, 3.8) is 0 Å². The number of aromatic nitrogens is 5. The third kappa shape index (κ3) is 5.65. The van der Waals surface area contributed by atoms with E-state index in [1.165, 1.54) is 0 Å². The highest BCUT2D eigenvalue weighted by molar-refractivity contribution is 7.99. The van der Waals surface area contributed by atoms with Crippen molar-refractivity contribution >= 4 is 28.7 Å². The fraction of sp³-hybridized carbons (Fsp3) is 0.290. The predicted octanol–water partition coefficient (Wildman–Crippen LogP) is 5.32. The summed E-state index contributed by atoms with van der Waals surface area (Å²) < 4.78 is 9.32. The summed E-state index contributed by atoms with van der Waals surface area (Å²) in [4.78, 5) is 30.5. The minimum Gasteiger partial charge on any atom is -0.497 e. The second-order valence-corrected chi connectivity index (χ2v) is 11.2. The summed E-state index contributed by atoms with van der Waals surface area (Å²) in [6.45, 7) is 1.32. The molecule has 210 valence electrons.